The molecular formula is C4H9O7P. The van der Waals surface area contributed by atoms with E-state index in [4.69, 9.17) is 20.2 Å². The second-order valence-electron chi connectivity index (χ2n) is 1.91. The van der Waals surface area contributed by atoms with Crippen LogP contribution in [0.4, 0.5) is 4.79 Å². The zero-order chi connectivity index (χ0) is 9.78. The Morgan fingerprint density at radius 2 is 2.00 bits per heavy atom. The van der Waals surface area contributed by atoms with E-state index in [2.05, 4.69) is 4.52 Å². The maximum absolute atomic E-state index is 10.5. The van der Waals surface area contributed by atoms with E-state index in [0.29, 0.717) is 0 Å². The first kappa shape index (κ1) is 11.5. The van der Waals surface area contributed by atoms with E-state index in [-0.39, 0.29) is 6.42 Å². The summed E-state index contributed by atoms with van der Waals surface area (Å²) in [6, 6.07) is 0. The van der Waals surface area contributed by atoms with E-state index in [9.17, 15) is 9.36 Å². The van der Waals surface area contributed by atoms with Crippen LogP contribution in [0, 0.1) is 0 Å². The molecule has 0 aromatic heterocycles. The van der Waals surface area contributed by atoms with Crippen molar-refractivity contribution < 1.29 is 34.1 Å². The van der Waals surface area contributed by atoms with Crippen LogP contribution in [0.5, 0.6) is 0 Å². The van der Waals surface area contributed by atoms with Crippen LogP contribution in [0.2, 0.25) is 0 Å². The number of aliphatic hydroxyl groups excluding tert-OH is 1. The highest BCUT2D eigenvalue weighted by Gasteiger charge is 2.29. The van der Waals surface area contributed by atoms with Crippen molar-refractivity contribution in [1.82, 2.24) is 0 Å². The minimum absolute atomic E-state index is 0.322. The third-order valence-electron chi connectivity index (χ3n) is 0.884. The van der Waals surface area contributed by atoms with Gasteiger partial charge in [-0.3, -0.25) is 0 Å². The Bertz CT molecular complexity index is 200. The first-order valence-corrected chi connectivity index (χ1v) is 4.51. The SMILES string of the molecule is O=C(O)P(=O)(O)OCCC(O)O. The van der Waals surface area contributed by atoms with E-state index in [0.717, 1.165) is 0 Å². The Kier molecular flexibility index (Phi) is 4.36. The molecule has 0 fully saturated rings. The van der Waals surface area contributed by atoms with Gasteiger partial charge in [-0.1, -0.05) is 0 Å². The predicted octanol–water partition coefficient (Wildman–Crippen LogP) is -0.433. The van der Waals surface area contributed by atoms with Crippen LogP contribution in [-0.2, 0) is 9.09 Å². The van der Waals surface area contributed by atoms with E-state index in [1.54, 1.807) is 0 Å². The maximum Gasteiger partial charge on any atom is 0.435 e. The van der Waals surface area contributed by atoms with Gasteiger partial charge in [-0.05, 0) is 0 Å². The summed E-state index contributed by atoms with van der Waals surface area (Å²) in [6.45, 7) is -0.502. The Hall–Kier alpha value is -0.460. The van der Waals surface area contributed by atoms with Crippen molar-refractivity contribution >= 4 is 13.3 Å². The van der Waals surface area contributed by atoms with Crippen LogP contribution in [0.15, 0.2) is 0 Å². The summed E-state index contributed by atoms with van der Waals surface area (Å²) in [7, 11) is -4.63. The van der Waals surface area contributed by atoms with E-state index < -0.39 is 26.2 Å². The monoisotopic (exact) mass is 200 g/mol. The molecule has 7 nitrogen and oxygen atoms in total. The molecule has 0 amide bonds. The molecule has 0 aromatic rings. The van der Waals surface area contributed by atoms with Crippen LogP contribution >= 0.6 is 7.60 Å². The van der Waals surface area contributed by atoms with Gasteiger partial charge in [0.1, 0.15) is 0 Å². The Balaban J connectivity index is 3.78. The lowest BCUT2D eigenvalue weighted by molar-refractivity contribution is -0.0523. The van der Waals surface area contributed by atoms with Crippen molar-refractivity contribution in [2.45, 2.75) is 12.7 Å². The van der Waals surface area contributed by atoms with Gasteiger partial charge in [0, 0.05) is 6.42 Å². The van der Waals surface area contributed by atoms with Crippen molar-refractivity contribution in [1.29, 1.82) is 0 Å². The lowest BCUT2D eigenvalue weighted by atomic mass is 10.5. The highest BCUT2D eigenvalue weighted by molar-refractivity contribution is 7.70. The first-order chi connectivity index (χ1) is 5.36. The highest BCUT2D eigenvalue weighted by Crippen LogP contribution is 2.42. The van der Waals surface area contributed by atoms with Crippen molar-refractivity contribution in [3.05, 3.63) is 0 Å². The summed E-state index contributed by atoms with van der Waals surface area (Å²) in [6.07, 6.45) is -2.00. The molecule has 1 unspecified atom stereocenters. The van der Waals surface area contributed by atoms with Gasteiger partial charge >= 0.3 is 13.3 Å². The lowest BCUT2D eigenvalue weighted by Crippen LogP contribution is -2.09. The fourth-order valence-electron chi connectivity index (χ4n) is 0.337. The van der Waals surface area contributed by atoms with Crippen LogP contribution in [0.25, 0.3) is 0 Å². The molecule has 0 aromatic carbocycles. The molecule has 0 rings (SSSR count). The highest BCUT2D eigenvalue weighted by atomic mass is 31.2. The number of carboxylic acid groups (broad SMARTS) is 1. The summed E-state index contributed by atoms with van der Waals surface area (Å²) >= 11 is 0. The largest absolute Gasteiger partial charge is 0.472 e. The third kappa shape index (κ3) is 4.42. The molecular weight excluding hydrogens is 191 g/mol. The maximum atomic E-state index is 10.5. The normalized spacial score (nSPS) is 16.0. The molecule has 0 aliphatic rings. The zero-order valence-electron chi connectivity index (χ0n) is 5.95. The average Bonchev–Trinajstić information content (AvgIpc) is 1.85. The predicted molar refractivity (Wildman–Crippen MR) is 36.6 cm³/mol. The fraction of sp³-hybridized carbons (Fsp3) is 0.750. The van der Waals surface area contributed by atoms with E-state index in [1.807, 2.05) is 0 Å². The first-order valence-electron chi connectivity index (χ1n) is 2.93. The van der Waals surface area contributed by atoms with Gasteiger partial charge in [-0.2, -0.15) is 0 Å². The summed E-state index contributed by atoms with van der Waals surface area (Å²) in [4.78, 5) is 18.4. The zero-order valence-corrected chi connectivity index (χ0v) is 6.85. The topological polar surface area (TPSA) is 124 Å². The second-order valence-corrected chi connectivity index (χ2v) is 3.59. The van der Waals surface area contributed by atoms with Crippen molar-refractivity contribution in [2.75, 3.05) is 6.61 Å². The molecule has 0 heterocycles. The number of carbonyl (C=O) groups is 1. The number of hydrogen-bond donors (Lipinski definition) is 4. The quantitative estimate of drug-likeness (QED) is 0.350. The Morgan fingerprint density at radius 3 is 2.33 bits per heavy atom. The van der Waals surface area contributed by atoms with E-state index in [1.165, 1.54) is 0 Å². The van der Waals surface area contributed by atoms with Crippen LogP contribution in [0.1, 0.15) is 6.42 Å². The van der Waals surface area contributed by atoms with Gasteiger partial charge in [0.25, 0.3) is 0 Å². The summed E-state index contributed by atoms with van der Waals surface area (Å²) in [5.74, 6) is 0. The van der Waals surface area contributed by atoms with E-state index >= 15 is 0 Å². The molecule has 1 atom stereocenters. The molecule has 0 bridgehead atoms. The van der Waals surface area contributed by atoms with Crippen molar-refractivity contribution in [3.63, 3.8) is 0 Å². The van der Waals surface area contributed by atoms with Crippen LogP contribution in [0.3, 0.4) is 0 Å². The van der Waals surface area contributed by atoms with Gasteiger partial charge < -0.3 is 24.7 Å². The van der Waals surface area contributed by atoms with Gasteiger partial charge in [-0.15, -0.1) is 0 Å². The molecule has 0 saturated heterocycles. The van der Waals surface area contributed by atoms with Crippen LogP contribution in [-0.4, -0.2) is 38.8 Å². The summed E-state index contributed by atoms with van der Waals surface area (Å²) in [5, 5.41) is 24.5. The minimum Gasteiger partial charge on any atom is -0.472 e. The summed E-state index contributed by atoms with van der Waals surface area (Å²) < 4.78 is 14.5. The lowest BCUT2D eigenvalue weighted by Gasteiger charge is -2.07. The smallest absolute Gasteiger partial charge is 0.435 e. The molecule has 72 valence electrons. The summed E-state index contributed by atoms with van der Waals surface area (Å²) in [5.41, 5.74) is -1.96. The van der Waals surface area contributed by atoms with Crippen molar-refractivity contribution in [2.24, 2.45) is 0 Å². The number of aliphatic hydroxyl groups is 2. The third-order valence-corrected chi connectivity index (χ3v) is 1.90. The molecule has 0 radical (unpaired) electrons. The standard InChI is InChI=1S/C4H9O7P/c5-3(6)1-2-11-12(9,10)4(7)8/h3,5-6H,1-2H2,(H,7,8)(H,9,10). The number of hydrogen-bond acceptors (Lipinski definition) is 5. The van der Waals surface area contributed by atoms with Gasteiger partial charge in [0.2, 0.25) is 0 Å². The van der Waals surface area contributed by atoms with Gasteiger partial charge in [0.15, 0.2) is 6.29 Å². The molecule has 4 N–H and O–H groups in total. The Labute approximate surface area is 67.7 Å². The minimum atomic E-state index is -4.63. The van der Waals surface area contributed by atoms with Crippen molar-refractivity contribution in [3.8, 4) is 0 Å². The van der Waals surface area contributed by atoms with Gasteiger partial charge in [-0.25, -0.2) is 9.36 Å². The number of rotatable bonds is 5. The average molecular weight is 200 g/mol. The molecule has 0 spiro atoms. The molecule has 12 heavy (non-hydrogen) atoms. The van der Waals surface area contributed by atoms with Gasteiger partial charge in [0.05, 0.1) is 6.61 Å². The molecule has 0 saturated carbocycles. The molecule has 0 aliphatic carbocycles. The second kappa shape index (κ2) is 4.54. The Morgan fingerprint density at radius 1 is 1.50 bits per heavy atom. The molecule has 8 heteroatoms. The fourth-order valence-corrected chi connectivity index (χ4v) is 0.800. The molecule has 0 aliphatic heterocycles. The van der Waals surface area contributed by atoms with Crippen LogP contribution < -0.4 is 0 Å².